The van der Waals surface area contributed by atoms with Crippen LogP contribution >= 0.6 is 0 Å². The molecule has 1 aliphatic heterocycles. The lowest BCUT2D eigenvalue weighted by molar-refractivity contribution is -0.331. The molecule has 0 unspecified atom stereocenters. The summed E-state index contributed by atoms with van der Waals surface area (Å²) >= 11 is 0. The van der Waals surface area contributed by atoms with Crippen LogP contribution in [0, 0.1) is 45.3 Å². The zero-order valence-corrected chi connectivity index (χ0v) is 28.5. The van der Waals surface area contributed by atoms with Gasteiger partial charge in [-0.25, -0.2) is 0 Å². The summed E-state index contributed by atoms with van der Waals surface area (Å²) in [5.74, 6) is 1.32. The van der Waals surface area contributed by atoms with Crippen LogP contribution in [0.2, 0.25) is 0 Å². The molecule has 5 aliphatic rings. The summed E-state index contributed by atoms with van der Waals surface area (Å²) in [6.07, 6.45) is 3.85. The molecule has 5 fully saturated rings. The van der Waals surface area contributed by atoms with Crippen molar-refractivity contribution in [2.45, 2.75) is 162 Å². The van der Waals surface area contributed by atoms with Gasteiger partial charge in [-0.3, -0.25) is 0 Å². The Labute approximate surface area is 265 Å². The van der Waals surface area contributed by atoms with Crippen molar-refractivity contribution in [3.63, 3.8) is 0 Å². The molecule has 14 atom stereocenters. The van der Waals surface area contributed by atoms with Crippen LogP contribution in [0.4, 0.5) is 0 Å². The molecule has 8 heteroatoms. The van der Waals surface area contributed by atoms with Gasteiger partial charge in [0.25, 0.3) is 0 Å². The highest BCUT2D eigenvalue weighted by Gasteiger charge is 2.70. The third-order valence-corrected chi connectivity index (χ3v) is 14.3. The molecule has 0 spiro atoms. The van der Waals surface area contributed by atoms with E-state index < -0.39 is 42.9 Å². The lowest BCUT2D eigenvalue weighted by Crippen LogP contribution is -2.67. The normalized spacial score (nSPS) is 51.0. The molecular formula is C36H62O8. The number of hydrogen-bond donors (Lipinski definition) is 6. The standard InChI is InChI=1S/C36H62O8/c1-20(10-9-14-32(2,3)42)21-11-16-36(8)27(21)22(38)18-25-34(6)15-13-26(33(4,5)24(34)12-17-35(25,36)7)44-31-30(41)29(40)28(39)23(19-37)43-31/h10,21-31,37-42H,9,11-19H2,1-8H3/b20-10+/t21-,22+,23-,24-,25-,26-,27+,28-,29+,30-,31+,34+,35-,36-/m1/s1. The number of fused-ring (bicyclic) bond motifs is 5. The van der Waals surface area contributed by atoms with Gasteiger partial charge in [0.2, 0.25) is 0 Å². The highest BCUT2D eigenvalue weighted by molar-refractivity contribution is 5.22. The first-order chi connectivity index (χ1) is 20.3. The molecule has 0 aromatic heterocycles. The fraction of sp³-hybridized carbons (Fsp3) is 0.944. The van der Waals surface area contributed by atoms with Crippen LogP contribution in [0.3, 0.4) is 0 Å². The van der Waals surface area contributed by atoms with Gasteiger partial charge in [-0.15, -0.1) is 0 Å². The lowest BCUT2D eigenvalue weighted by Gasteiger charge is -2.70. The summed E-state index contributed by atoms with van der Waals surface area (Å²) in [4.78, 5) is 0. The third kappa shape index (κ3) is 5.45. The molecule has 0 amide bonds. The molecule has 0 aromatic carbocycles. The van der Waals surface area contributed by atoms with Gasteiger partial charge in [-0.05, 0) is 124 Å². The van der Waals surface area contributed by atoms with E-state index in [9.17, 15) is 30.6 Å². The van der Waals surface area contributed by atoms with Crippen LogP contribution < -0.4 is 0 Å². The molecule has 0 aromatic rings. The van der Waals surface area contributed by atoms with Crippen LogP contribution in [0.1, 0.15) is 113 Å². The van der Waals surface area contributed by atoms with Gasteiger partial charge in [-0.2, -0.15) is 0 Å². The van der Waals surface area contributed by atoms with Gasteiger partial charge >= 0.3 is 0 Å². The molecule has 0 bridgehead atoms. The maximum Gasteiger partial charge on any atom is 0.186 e. The highest BCUT2D eigenvalue weighted by atomic mass is 16.7. The fourth-order valence-corrected chi connectivity index (χ4v) is 11.6. The largest absolute Gasteiger partial charge is 0.394 e. The molecule has 1 heterocycles. The van der Waals surface area contributed by atoms with Gasteiger partial charge in [0.15, 0.2) is 6.29 Å². The van der Waals surface area contributed by atoms with E-state index in [2.05, 4.69) is 47.6 Å². The van der Waals surface area contributed by atoms with E-state index in [1.807, 2.05) is 13.8 Å². The average molecular weight is 623 g/mol. The predicted molar refractivity (Wildman–Crippen MR) is 168 cm³/mol. The van der Waals surface area contributed by atoms with Crippen molar-refractivity contribution < 1.29 is 40.1 Å². The van der Waals surface area contributed by atoms with E-state index in [-0.39, 0.29) is 39.8 Å². The van der Waals surface area contributed by atoms with Gasteiger partial charge in [0.1, 0.15) is 24.4 Å². The number of aliphatic hydroxyl groups excluding tert-OH is 5. The molecule has 4 aliphatic carbocycles. The van der Waals surface area contributed by atoms with Crippen molar-refractivity contribution >= 4 is 0 Å². The molecule has 8 nitrogen and oxygen atoms in total. The summed E-state index contributed by atoms with van der Waals surface area (Å²) < 4.78 is 12.2. The Balaban J connectivity index is 1.36. The molecule has 254 valence electrons. The zero-order chi connectivity index (χ0) is 32.6. The molecule has 0 radical (unpaired) electrons. The first kappa shape index (κ1) is 34.7. The Bertz CT molecular complexity index is 1070. The van der Waals surface area contributed by atoms with E-state index in [4.69, 9.17) is 9.47 Å². The second-order valence-corrected chi connectivity index (χ2v) is 17.4. The molecular weight excluding hydrogens is 560 g/mol. The fourth-order valence-electron chi connectivity index (χ4n) is 11.6. The molecule has 4 saturated carbocycles. The van der Waals surface area contributed by atoms with Crippen molar-refractivity contribution in [2.24, 2.45) is 45.3 Å². The SMILES string of the molecule is C/C(=C\CCC(C)(C)O)[C@H]1CC[C@]2(C)[C@@H]1[C@@H](O)C[C@@H]1[C@@]3(C)CC[C@@H](O[C@@H]4O[C@H](CO)[C@@H](O)[C@H](O)[C@H]4O)C(C)(C)[C@H]3CC[C@]12C. The minimum absolute atomic E-state index is 0.0103. The zero-order valence-electron chi connectivity index (χ0n) is 28.5. The Morgan fingerprint density at radius 2 is 1.55 bits per heavy atom. The van der Waals surface area contributed by atoms with E-state index in [1.165, 1.54) is 5.57 Å². The number of allylic oxidation sites excluding steroid dienone is 2. The molecule has 5 rings (SSSR count). The quantitative estimate of drug-likeness (QED) is 0.182. The van der Waals surface area contributed by atoms with Crippen molar-refractivity contribution in [2.75, 3.05) is 6.61 Å². The summed E-state index contributed by atoms with van der Waals surface area (Å²) in [6, 6.07) is 0. The second-order valence-electron chi connectivity index (χ2n) is 17.4. The molecule has 44 heavy (non-hydrogen) atoms. The predicted octanol–water partition coefficient (Wildman–Crippen LogP) is 4.32. The minimum atomic E-state index is -1.45. The van der Waals surface area contributed by atoms with E-state index in [0.717, 1.165) is 57.8 Å². The van der Waals surface area contributed by atoms with Crippen molar-refractivity contribution in [1.29, 1.82) is 0 Å². The first-order valence-corrected chi connectivity index (χ1v) is 17.3. The van der Waals surface area contributed by atoms with Crippen LogP contribution in [-0.4, -0.2) is 85.8 Å². The van der Waals surface area contributed by atoms with Gasteiger partial charge < -0.3 is 40.1 Å². The number of hydrogen-bond acceptors (Lipinski definition) is 8. The Morgan fingerprint density at radius 1 is 0.886 bits per heavy atom. The maximum atomic E-state index is 12.0. The number of aliphatic hydroxyl groups is 6. The molecule has 6 N–H and O–H groups in total. The average Bonchev–Trinajstić information content (AvgIpc) is 3.31. The minimum Gasteiger partial charge on any atom is -0.394 e. The lowest BCUT2D eigenvalue weighted by atomic mass is 9.35. The van der Waals surface area contributed by atoms with Gasteiger partial charge in [0, 0.05) is 0 Å². The number of ether oxygens (including phenoxy) is 2. The van der Waals surface area contributed by atoms with Crippen molar-refractivity contribution in [1.82, 2.24) is 0 Å². The molecule has 1 saturated heterocycles. The van der Waals surface area contributed by atoms with E-state index in [0.29, 0.717) is 17.8 Å². The van der Waals surface area contributed by atoms with Gasteiger partial charge in [0.05, 0.1) is 24.4 Å². The van der Waals surface area contributed by atoms with Crippen LogP contribution in [0.5, 0.6) is 0 Å². The van der Waals surface area contributed by atoms with Crippen molar-refractivity contribution in [3.8, 4) is 0 Å². The first-order valence-electron chi connectivity index (χ1n) is 17.3. The summed E-state index contributed by atoms with van der Waals surface area (Å²) in [6.45, 7) is 17.4. The maximum absolute atomic E-state index is 12.0. The number of rotatable bonds is 7. The third-order valence-electron chi connectivity index (χ3n) is 14.3. The smallest absolute Gasteiger partial charge is 0.186 e. The Morgan fingerprint density at radius 3 is 2.18 bits per heavy atom. The second kappa shape index (κ2) is 11.8. The summed E-state index contributed by atoms with van der Waals surface area (Å²) in [5.41, 5.74) is 0.589. The van der Waals surface area contributed by atoms with E-state index in [1.54, 1.807) is 0 Å². The Kier molecular flexibility index (Phi) is 9.35. The highest BCUT2D eigenvalue weighted by Crippen LogP contribution is 2.75. The monoisotopic (exact) mass is 622 g/mol. The Hall–Kier alpha value is -0.580. The summed E-state index contributed by atoms with van der Waals surface area (Å²) in [5, 5.41) is 63.2. The van der Waals surface area contributed by atoms with Crippen LogP contribution in [0.15, 0.2) is 11.6 Å². The van der Waals surface area contributed by atoms with Crippen LogP contribution in [0.25, 0.3) is 0 Å². The van der Waals surface area contributed by atoms with Gasteiger partial charge in [-0.1, -0.05) is 46.3 Å². The van der Waals surface area contributed by atoms with Crippen molar-refractivity contribution in [3.05, 3.63) is 11.6 Å². The van der Waals surface area contributed by atoms with Crippen LogP contribution in [-0.2, 0) is 9.47 Å². The van der Waals surface area contributed by atoms with E-state index >= 15 is 0 Å². The summed E-state index contributed by atoms with van der Waals surface area (Å²) in [7, 11) is 0. The topological polar surface area (TPSA) is 140 Å².